The van der Waals surface area contributed by atoms with Crippen molar-refractivity contribution < 1.29 is 9.47 Å². The molecular formula is C10H18O2. The van der Waals surface area contributed by atoms with E-state index in [-0.39, 0.29) is 0 Å². The van der Waals surface area contributed by atoms with Crippen LogP contribution in [0.2, 0.25) is 0 Å². The van der Waals surface area contributed by atoms with Crippen molar-refractivity contribution in [2.24, 2.45) is 5.92 Å². The van der Waals surface area contributed by atoms with Gasteiger partial charge >= 0.3 is 0 Å². The Morgan fingerprint density at radius 2 is 2.00 bits per heavy atom. The lowest BCUT2D eigenvalue weighted by Gasteiger charge is -2.25. The Kier molecular flexibility index (Phi) is 3.60. The van der Waals surface area contributed by atoms with Gasteiger partial charge in [0.25, 0.3) is 0 Å². The van der Waals surface area contributed by atoms with E-state index in [1.807, 2.05) is 0 Å². The molecule has 0 atom stereocenters. The lowest BCUT2D eigenvalue weighted by atomic mass is 10.1. The molecule has 0 saturated carbocycles. The zero-order valence-electron chi connectivity index (χ0n) is 8.01. The van der Waals surface area contributed by atoms with E-state index >= 15 is 0 Å². The van der Waals surface area contributed by atoms with Gasteiger partial charge in [0.15, 0.2) is 0 Å². The fourth-order valence-electron chi connectivity index (χ4n) is 1.14. The van der Waals surface area contributed by atoms with Crippen LogP contribution >= 0.6 is 0 Å². The molecule has 2 heteroatoms. The summed E-state index contributed by atoms with van der Waals surface area (Å²) in [6.45, 7) is 9.74. The molecule has 70 valence electrons. The van der Waals surface area contributed by atoms with Crippen molar-refractivity contribution in [3.05, 3.63) is 12.3 Å². The molecule has 0 spiro atoms. The molecule has 0 radical (unpaired) electrons. The average molecular weight is 170 g/mol. The summed E-state index contributed by atoms with van der Waals surface area (Å²) >= 11 is 0. The van der Waals surface area contributed by atoms with Gasteiger partial charge in [-0.1, -0.05) is 20.4 Å². The highest BCUT2D eigenvalue weighted by Gasteiger charge is 2.16. The number of rotatable bonds is 3. The molecule has 1 fully saturated rings. The Morgan fingerprint density at radius 3 is 2.50 bits per heavy atom. The largest absolute Gasteiger partial charge is 0.495 e. The molecule has 0 N–H and O–H groups in total. The molecule has 1 rings (SSSR count). The molecule has 0 aromatic rings. The maximum absolute atomic E-state index is 5.68. The molecular weight excluding hydrogens is 152 g/mol. The van der Waals surface area contributed by atoms with Crippen molar-refractivity contribution in [2.75, 3.05) is 13.2 Å². The SMILES string of the molecule is C=C(OC1CCOCC1)C(C)C. The van der Waals surface area contributed by atoms with E-state index in [4.69, 9.17) is 9.47 Å². The Balaban J connectivity index is 2.24. The summed E-state index contributed by atoms with van der Waals surface area (Å²) in [6.07, 6.45) is 2.35. The molecule has 0 aliphatic carbocycles. The summed E-state index contributed by atoms with van der Waals surface area (Å²) in [7, 11) is 0. The van der Waals surface area contributed by atoms with Crippen LogP contribution in [0.15, 0.2) is 12.3 Å². The monoisotopic (exact) mass is 170 g/mol. The minimum absolute atomic E-state index is 0.341. The zero-order valence-corrected chi connectivity index (χ0v) is 8.01. The van der Waals surface area contributed by atoms with E-state index in [9.17, 15) is 0 Å². The second kappa shape index (κ2) is 4.51. The standard InChI is InChI=1S/C10H18O2/c1-8(2)9(3)12-10-4-6-11-7-5-10/h8,10H,3-7H2,1-2H3. The van der Waals surface area contributed by atoms with Crippen molar-refractivity contribution in [1.82, 2.24) is 0 Å². The highest BCUT2D eigenvalue weighted by Crippen LogP contribution is 2.17. The molecule has 0 aromatic carbocycles. The summed E-state index contributed by atoms with van der Waals surface area (Å²) < 4.78 is 10.9. The van der Waals surface area contributed by atoms with Crippen LogP contribution in [-0.2, 0) is 9.47 Å². The van der Waals surface area contributed by atoms with E-state index < -0.39 is 0 Å². The lowest BCUT2D eigenvalue weighted by Crippen LogP contribution is -2.23. The molecule has 0 bridgehead atoms. The van der Waals surface area contributed by atoms with E-state index in [0.29, 0.717) is 12.0 Å². The molecule has 0 unspecified atom stereocenters. The number of hydrogen-bond acceptors (Lipinski definition) is 2. The first kappa shape index (κ1) is 9.59. The topological polar surface area (TPSA) is 18.5 Å². The van der Waals surface area contributed by atoms with Gasteiger partial charge in [0, 0.05) is 18.8 Å². The molecule has 1 aliphatic heterocycles. The molecule has 12 heavy (non-hydrogen) atoms. The summed E-state index contributed by atoms with van der Waals surface area (Å²) in [5, 5.41) is 0. The number of hydrogen-bond donors (Lipinski definition) is 0. The van der Waals surface area contributed by atoms with Crippen LogP contribution in [0.25, 0.3) is 0 Å². The predicted octanol–water partition coefficient (Wildman–Crippen LogP) is 2.35. The molecule has 1 heterocycles. The van der Waals surface area contributed by atoms with Gasteiger partial charge in [-0.25, -0.2) is 0 Å². The van der Waals surface area contributed by atoms with Gasteiger partial charge in [-0.2, -0.15) is 0 Å². The van der Waals surface area contributed by atoms with Crippen LogP contribution in [0, 0.1) is 5.92 Å². The maximum Gasteiger partial charge on any atom is 0.103 e. The van der Waals surface area contributed by atoms with Crippen LogP contribution < -0.4 is 0 Å². The summed E-state index contributed by atoms with van der Waals surface area (Å²) in [5.41, 5.74) is 0. The van der Waals surface area contributed by atoms with Crippen LogP contribution in [0.3, 0.4) is 0 Å². The normalized spacial score (nSPS) is 19.6. The van der Waals surface area contributed by atoms with E-state index in [1.54, 1.807) is 0 Å². The minimum Gasteiger partial charge on any atom is -0.495 e. The third-order valence-corrected chi connectivity index (χ3v) is 2.13. The second-order valence-corrected chi connectivity index (χ2v) is 3.55. The van der Waals surface area contributed by atoms with Crippen molar-refractivity contribution in [3.8, 4) is 0 Å². The smallest absolute Gasteiger partial charge is 0.103 e. The van der Waals surface area contributed by atoms with Crippen molar-refractivity contribution >= 4 is 0 Å². The van der Waals surface area contributed by atoms with Crippen LogP contribution in [0.4, 0.5) is 0 Å². The van der Waals surface area contributed by atoms with Crippen molar-refractivity contribution in [2.45, 2.75) is 32.8 Å². The van der Waals surface area contributed by atoms with Crippen molar-refractivity contribution in [3.63, 3.8) is 0 Å². The van der Waals surface area contributed by atoms with E-state index in [1.165, 1.54) is 0 Å². The second-order valence-electron chi connectivity index (χ2n) is 3.55. The molecule has 0 aromatic heterocycles. The number of allylic oxidation sites excluding steroid dienone is 1. The molecule has 0 amide bonds. The van der Waals surface area contributed by atoms with Crippen LogP contribution in [0.5, 0.6) is 0 Å². The predicted molar refractivity (Wildman–Crippen MR) is 48.9 cm³/mol. The Labute approximate surface area is 74.6 Å². The fourth-order valence-corrected chi connectivity index (χ4v) is 1.14. The third-order valence-electron chi connectivity index (χ3n) is 2.13. The van der Waals surface area contributed by atoms with Gasteiger partial charge in [-0.05, 0) is 0 Å². The van der Waals surface area contributed by atoms with Crippen LogP contribution in [0.1, 0.15) is 26.7 Å². The van der Waals surface area contributed by atoms with Gasteiger partial charge in [-0.3, -0.25) is 0 Å². The minimum atomic E-state index is 0.341. The van der Waals surface area contributed by atoms with Gasteiger partial charge < -0.3 is 9.47 Å². The maximum atomic E-state index is 5.68. The van der Waals surface area contributed by atoms with E-state index in [0.717, 1.165) is 31.8 Å². The Morgan fingerprint density at radius 1 is 1.42 bits per heavy atom. The van der Waals surface area contributed by atoms with Gasteiger partial charge in [0.05, 0.1) is 19.0 Å². The molecule has 1 saturated heterocycles. The summed E-state index contributed by atoms with van der Waals surface area (Å²) in [5.74, 6) is 1.33. The lowest BCUT2D eigenvalue weighted by molar-refractivity contribution is -0.00949. The first-order valence-corrected chi connectivity index (χ1v) is 4.63. The van der Waals surface area contributed by atoms with Crippen LogP contribution in [-0.4, -0.2) is 19.3 Å². The Bertz CT molecular complexity index is 146. The third kappa shape index (κ3) is 2.86. The highest BCUT2D eigenvalue weighted by molar-refractivity contribution is 4.88. The first-order chi connectivity index (χ1) is 5.70. The summed E-state index contributed by atoms with van der Waals surface area (Å²) in [4.78, 5) is 0. The zero-order chi connectivity index (χ0) is 8.97. The highest BCUT2D eigenvalue weighted by atomic mass is 16.5. The quantitative estimate of drug-likeness (QED) is 0.605. The molecule has 1 aliphatic rings. The van der Waals surface area contributed by atoms with Gasteiger partial charge in [0.2, 0.25) is 0 Å². The average Bonchev–Trinajstić information content (AvgIpc) is 2.06. The summed E-state index contributed by atoms with van der Waals surface area (Å²) in [6, 6.07) is 0. The molecule has 2 nitrogen and oxygen atoms in total. The van der Waals surface area contributed by atoms with Gasteiger partial charge in [0.1, 0.15) is 6.10 Å². The Hall–Kier alpha value is -0.500. The fraction of sp³-hybridized carbons (Fsp3) is 0.800. The van der Waals surface area contributed by atoms with Crippen molar-refractivity contribution in [1.29, 1.82) is 0 Å². The van der Waals surface area contributed by atoms with Gasteiger partial charge in [-0.15, -0.1) is 0 Å². The van der Waals surface area contributed by atoms with E-state index in [2.05, 4.69) is 20.4 Å². The first-order valence-electron chi connectivity index (χ1n) is 4.63. The number of ether oxygens (including phenoxy) is 2.